The Labute approximate surface area is 206 Å². The van der Waals surface area contributed by atoms with Crippen LogP contribution in [-0.4, -0.2) is 24.5 Å². The maximum absolute atomic E-state index is 13.1. The summed E-state index contributed by atoms with van der Waals surface area (Å²) >= 11 is 0. The van der Waals surface area contributed by atoms with Crippen LogP contribution in [0.4, 0.5) is 18.9 Å². The summed E-state index contributed by atoms with van der Waals surface area (Å²) in [5.74, 6) is 0.141. The number of phenolic OH excluding ortho intramolecular Hbond substituents is 1. The van der Waals surface area contributed by atoms with E-state index in [0.717, 1.165) is 36.1 Å². The molecule has 0 aromatic heterocycles. The molecule has 3 aliphatic carbocycles. The van der Waals surface area contributed by atoms with E-state index in [2.05, 4.69) is 11.6 Å². The van der Waals surface area contributed by atoms with Crippen molar-refractivity contribution in [2.45, 2.75) is 68.5 Å². The molecule has 7 nitrogen and oxygen atoms in total. The molecule has 11 heteroatoms. The number of fused-ring (bicyclic) bond motifs is 5. The molecule has 0 bridgehead atoms. The van der Waals surface area contributed by atoms with Crippen molar-refractivity contribution in [3.8, 4) is 5.75 Å². The van der Waals surface area contributed by atoms with Crippen molar-refractivity contribution in [1.82, 2.24) is 4.72 Å². The highest BCUT2D eigenvalue weighted by Gasteiger charge is 2.55. The zero-order valence-corrected chi connectivity index (χ0v) is 20.4. The lowest BCUT2D eigenvalue weighted by atomic mass is 9.55. The molecule has 0 amide bonds. The van der Waals surface area contributed by atoms with Gasteiger partial charge in [0.2, 0.25) is 10.0 Å². The molecule has 2 saturated carbocycles. The zero-order valence-electron chi connectivity index (χ0n) is 19.6. The highest BCUT2D eigenvalue weighted by Crippen LogP contribution is 2.61. The van der Waals surface area contributed by atoms with Crippen LogP contribution in [0, 0.1) is 27.4 Å². The first kappa shape index (κ1) is 25.0. The lowest BCUT2D eigenvalue weighted by Crippen LogP contribution is -2.50. The monoisotopic (exact) mass is 524 g/mol. The van der Waals surface area contributed by atoms with Gasteiger partial charge in [0.25, 0.3) is 0 Å². The summed E-state index contributed by atoms with van der Waals surface area (Å²) in [4.78, 5) is 10.4. The summed E-state index contributed by atoms with van der Waals surface area (Å²) in [5.41, 5.74) is 0.118. The molecule has 0 radical (unpaired) electrons. The van der Waals surface area contributed by atoms with E-state index in [1.807, 2.05) is 0 Å². The van der Waals surface area contributed by atoms with Gasteiger partial charge < -0.3 is 5.11 Å². The first-order valence-corrected chi connectivity index (χ1v) is 13.5. The quantitative estimate of drug-likeness (QED) is 0.404. The summed E-state index contributed by atoms with van der Waals surface area (Å²) in [6.07, 6.45) is -0.389. The van der Waals surface area contributed by atoms with Gasteiger partial charge in [-0.1, -0.05) is 13.0 Å². The van der Waals surface area contributed by atoms with E-state index in [0.29, 0.717) is 31.7 Å². The molecule has 2 N–H and O–H groups in total. The van der Waals surface area contributed by atoms with E-state index in [1.165, 1.54) is 18.2 Å². The summed E-state index contributed by atoms with van der Waals surface area (Å²) in [5, 5.41) is 21.4. The Morgan fingerprint density at radius 2 is 1.89 bits per heavy atom. The summed E-state index contributed by atoms with van der Waals surface area (Å²) < 4.78 is 68.3. The van der Waals surface area contributed by atoms with E-state index in [4.69, 9.17) is 0 Å². The molecule has 0 heterocycles. The number of nitrogens with one attached hydrogen (secondary N) is 1. The molecular formula is C25H27F3N2O5S. The van der Waals surface area contributed by atoms with E-state index < -0.39 is 37.6 Å². The number of nitro groups is 1. The number of hydrogen-bond acceptors (Lipinski definition) is 5. The highest BCUT2D eigenvalue weighted by atomic mass is 32.2. The van der Waals surface area contributed by atoms with Crippen LogP contribution in [-0.2, 0) is 22.6 Å². The highest BCUT2D eigenvalue weighted by molar-refractivity contribution is 7.89. The number of nitrogens with zero attached hydrogens (tertiary/aromatic N) is 1. The predicted molar refractivity (Wildman–Crippen MR) is 125 cm³/mol. The van der Waals surface area contributed by atoms with Crippen molar-refractivity contribution in [1.29, 1.82) is 0 Å². The molecule has 0 unspecified atom stereocenters. The van der Waals surface area contributed by atoms with Crippen LogP contribution >= 0.6 is 0 Å². The van der Waals surface area contributed by atoms with Crippen LogP contribution in [0.1, 0.15) is 61.6 Å². The van der Waals surface area contributed by atoms with Crippen molar-refractivity contribution in [2.24, 2.45) is 17.3 Å². The Balaban J connectivity index is 1.40. The number of phenols is 1. The number of benzene rings is 2. The summed E-state index contributed by atoms with van der Waals surface area (Å²) in [6.45, 7) is 2.05. The molecule has 0 spiro atoms. The Morgan fingerprint density at radius 1 is 1.14 bits per heavy atom. The Hall–Kier alpha value is -2.66. The van der Waals surface area contributed by atoms with Gasteiger partial charge >= 0.3 is 11.9 Å². The molecular weight excluding hydrogens is 497 g/mol. The number of alkyl halides is 3. The van der Waals surface area contributed by atoms with Crippen LogP contribution in [0.25, 0.3) is 0 Å². The van der Waals surface area contributed by atoms with E-state index in [1.54, 1.807) is 0 Å². The van der Waals surface area contributed by atoms with Gasteiger partial charge in [0, 0.05) is 12.1 Å². The fourth-order valence-corrected chi connectivity index (χ4v) is 8.47. The number of hydrogen-bond donors (Lipinski definition) is 2. The zero-order chi connectivity index (χ0) is 26.0. The molecule has 5 rings (SSSR count). The predicted octanol–water partition coefficient (Wildman–Crippen LogP) is 5.52. The maximum atomic E-state index is 13.1. The standard InChI is InChI=1S/C25H27F3N2O5S/c1-24-10-9-17-18(6-5-14-11-22(31)21(30(32)33)13-19(14)17)20(24)7-8-23(24)29-36(34,35)16-4-2-3-15(12-16)25(26,27)28/h2-4,11-13,17-18,20,23,29,31H,5-10H2,1H3/t17-,18+,20-,23-,24-/m0/s1. The fourth-order valence-electron chi connectivity index (χ4n) is 7.03. The van der Waals surface area contributed by atoms with Gasteiger partial charge in [-0.15, -0.1) is 0 Å². The summed E-state index contributed by atoms with van der Waals surface area (Å²) in [6, 6.07) is 6.35. The minimum absolute atomic E-state index is 0.0879. The topological polar surface area (TPSA) is 110 Å². The first-order chi connectivity index (χ1) is 16.8. The molecule has 2 fully saturated rings. The number of halogens is 3. The number of sulfonamides is 1. The van der Waals surface area contributed by atoms with E-state index in [9.17, 15) is 36.8 Å². The van der Waals surface area contributed by atoms with Crippen LogP contribution in [0.3, 0.4) is 0 Å². The number of nitro benzene ring substituents is 1. The van der Waals surface area contributed by atoms with Crippen molar-refractivity contribution >= 4 is 15.7 Å². The second-order valence-corrected chi connectivity index (χ2v) is 12.2. The van der Waals surface area contributed by atoms with Gasteiger partial charge in [-0.2, -0.15) is 13.2 Å². The molecule has 0 aliphatic heterocycles. The molecule has 0 saturated heterocycles. The molecule has 2 aromatic rings. The number of aryl methyl sites for hydroxylation is 1. The van der Waals surface area contributed by atoms with Crippen molar-refractivity contribution in [2.75, 3.05) is 0 Å². The van der Waals surface area contributed by atoms with Crippen LogP contribution in [0.2, 0.25) is 0 Å². The fraction of sp³-hybridized carbons (Fsp3) is 0.520. The first-order valence-electron chi connectivity index (χ1n) is 12.0. The van der Waals surface area contributed by atoms with E-state index in [-0.39, 0.29) is 34.6 Å². The lowest BCUT2D eigenvalue weighted by molar-refractivity contribution is -0.386. The van der Waals surface area contributed by atoms with Gasteiger partial charge in [-0.3, -0.25) is 10.1 Å². The third kappa shape index (κ3) is 4.06. The van der Waals surface area contributed by atoms with Crippen molar-refractivity contribution in [3.05, 3.63) is 63.2 Å². The lowest BCUT2D eigenvalue weighted by Gasteiger charge is -2.50. The Morgan fingerprint density at radius 3 is 2.58 bits per heavy atom. The SMILES string of the molecule is C[C@]12CC[C@@H]3c4cc([N+](=O)[O-])c(O)cc4CC[C@H]3[C@@H]1CC[C@@H]2NS(=O)(=O)c1cccc(C(F)(F)F)c1. The average molecular weight is 525 g/mol. The van der Waals surface area contributed by atoms with Crippen LogP contribution in [0.15, 0.2) is 41.3 Å². The van der Waals surface area contributed by atoms with Crippen LogP contribution in [0.5, 0.6) is 5.75 Å². The van der Waals surface area contributed by atoms with E-state index >= 15 is 0 Å². The Bertz CT molecular complexity index is 1330. The second-order valence-electron chi connectivity index (χ2n) is 10.5. The Kier molecular flexibility index (Phi) is 5.86. The third-order valence-corrected chi connectivity index (χ3v) is 10.3. The minimum atomic E-state index is -4.64. The van der Waals surface area contributed by atoms with Gasteiger partial charge in [0.1, 0.15) is 0 Å². The number of rotatable bonds is 4. The molecule has 5 atom stereocenters. The van der Waals surface area contributed by atoms with Crippen molar-refractivity contribution < 1.29 is 31.6 Å². The average Bonchev–Trinajstić information content (AvgIpc) is 3.13. The minimum Gasteiger partial charge on any atom is -0.502 e. The smallest absolute Gasteiger partial charge is 0.416 e. The normalized spacial score (nSPS) is 29.8. The summed E-state index contributed by atoms with van der Waals surface area (Å²) in [7, 11) is -4.17. The number of aromatic hydroxyl groups is 1. The van der Waals surface area contributed by atoms with Gasteiger partial charge in [0.05, 0.1) is 15.4 Å². The molecule has 2 aromatic carbocycles. The van der Waals surface area contributed by atoms with Gasteiger partial charge in [0.15, 0.2) is 5.75 Å². The molecule has 3 aliphatic rings. The van der Waals surface area contributed by atoms with Gasteiger partial charge in [-0.25, -0.2) is 13.1 Å². The molecule has 194 valence electrons. The largest absolute Gasteiger partial charge is 0.502 e. The third-order valence-electron chi connectivity index (χ3n) is 8.79. The second kappa shape index (κ2) is 8.44. The van der Waals surface area contributed by atoms with Crippen LogP contribution < -0.4 is 4.72 Å². The van der Waals surface area contributed by atoms with Gasteiger partial charge in [-0.05, 0) is 97.1 Å². The molecule has 36 heavy (non-hydrogen) atoms. The maximum Gasteiger partial charge on any atom is 0.416 e. The van der Waals surface area contributed by atoms with Crippen molar-refractivity contribution in [3.63, 3.8) is 0 Å².